The third-order valence-corrected chi connectivity index (χ3v) is 5.30. The van der Waals surface area contributed by atoms with E-state index in [4.69, 9.17) is 4.74 Å². The number of rotatable bonds is 8. The van der Waals surface area contributed by atoms with Gasteiger partial charge in [-0.2, -0.15) is 0 Å². The number of carbonyl (C=O) groups excluding carboxylic acids is 1. The molecule has 1 aliphatic carbocycles. The molecule has 1 saturated heterocycles. The molecule has 1 saturated carbocycles. The summed E-state index contributed by atoms with van der Waals surface area (Å²) in [5, 5.41) is 3.60. The van der Waals surface area contributed by atoms with Crippen molar-refractivity contribution in [2.24, 2.45) is 11.3 Å². The topological polar surface area (TPSA) is 41.6 Å². The van der Waals surface area contributed by atoms with Crippen molar-refractivity contribution < 1.29 is 9.53 Å². The van der Waals surface area contributed by atoms with Gasteiger partial charge in [-0.15, -0.1) is 0 Å². The second kappa shape index (κ2) is 6.25. The average molecular weight is 296 g/mol. The lowest BCUT2D eigenvalue weighted by Crippen LogP contribution is -2.44. The Kier molecular flexibility index (Phi) is 4.99. The Bertz CT molecular complexity index is 379. The van der Waals surface area contributed by atoms with Crippen molar-refractivity contribution in [3.63, 3.8) is 0 Å². The molecule has 4 nitrogen and oxygen atoms in total. The lowest BCUT2D eigenvalue weighted by atomic mass is 9.98. The van der Waals surface area contributed by atoms with E-state index in [0.717, 1.165) is 32.4 Å². The van der Waals surface area contributed by atoms with Crippen LogP contribution < -0.4 is 5.32 Å². The van der Waals surface area contributed by atoms with E-state index in [1.807, 2.05) is 0 Å². The first-order valence-corrected chi connectivity index (χ1v) is 8.43. The predicted octanol–water partition coefficient (Wildman–Crippen LogP) is 2.78. The van der Waals surface area contributed by atoms with Crippen LogP contribution in [-0.2, 0) is 9.53 Å². The molecule has 21 heavy (non-hydrogen) atoms. The van der Waals surface area contributed by atoms with E-state index < -0.39 is 0 Å². The van der Waals surface area contributed by atoms with Crippen LogP contribution in [-0.4, -0.2) is 42.8 Å². The fraction of sp³-hybridized carbons (Fsp3) is 0.941. The molecule has 1 aliphatic heterocycles. The molecule has 1 amide bonds. The van der Waals surface area contributed by atoms with Crippen molar-refractivity contribution >= 4 is 5.91 Å². The van der Waals surface area contributed by atoms with E-state index in [9.17, 15) is 4.79 Å². The Balaban J connectivity index is 2.08. The van der Waals surface area contributed by atoms with Crippen molar-refractivity contribution in [3.8, 4) is 0 Å². The predicted molar refractivity (Wildman–Crippen MR) is 84.9 cm³/mol. The van der Waals surface area contributed by atoms with Crippen molar-refractivity contribution in [1.29, 1.82) is 0 Å². The smallest absolute Gasteiger partial charge is 0.243 e. The molecule has 2 unspecified atom stereocenters. The molecule has 0 aromatic carbocycles. The van der Waals surface area contributed by atoms with Gasteiger partial charge in [0.15, 0.2) is 0 Å². The van der Waals surface area contributed by atoms with Gasteiger partial charge in [-0.05, 0) is 50.4 Å². The summed E-state index contributed by atoms with van der Waals surface area (Å²) >= 11 is 0. The highest BCUT2D eigenvalue weighted by Gasteiger charge is 2.52. The van der Waals surface area contributed by atoms with Crippen LogP contribution in [0.4, 0.5) is 0 Å². The van der Waals surface area contributed by atoms with Crippen molar-refractivity contribution in [1.82, 2.24) is 10.2 Å². The van der Waals surface area contributed by atoms with E-state index in [-0.39, 0.29) is 11.7 Å². The maximum Gasteiger partial charge on any atom is 0.243 e. The minimum atomic E-state index is -0.378. The summed E-state index contributed by atoms with van der Waals surface area (Å²) in [5.41, 5.74) is -0.0571. The van der Waals surface area contributed by atoms with Crippen LogP contribution in [0, 0.1) is 11.3 Å². The highest BCUT2D eigenvalue weighted by atomic mass is 16.5. The second-order valence-corrected chi connectivity index (χ2v) is 7.65. The number of ether oxygens (including phenoxy) is 1. The van der Waals surface area contributed by atoms with Gasteiger partial charge >= 0.3 is 0 Å². The zero-order valence-corrected chi connectivity index (χ0v) is 14.4. The highest BCUT2D eigenvalue weighted by Crippen LogP contribution is 2.50. The first-order chi connectivity index (χ1) is 9.86. The summed E-state index contributed by atoms with van der Waals surface area (Å²) < 4.78 is 5.24. The van der Waals surface area contributed by atoms with E-state index in [1.54, 1.807) is 7.11 Å². The van der Waals surface area contributed by atoms with Gasteiger partial charge in [0.25, 0.3) is 0 Å². The summed E-state index contributed by atoms with van der Waals surface area (Å²) in [6.45, 7) is 10.3. The molecule has 2 fully saturated rings. The number of nitrogens with zero attached hydrogens (tertiary/aromatic N) is 1. The number of nitrogens with one attached hydrogen (secondary N) is 1. The van der Waals surface area contributed by atoms with Gasteiger partial charge in [0.1, 0.15) is 0 Å². The Morgan fingerprint density at radius 3 is 2.57 bits per heavy atom. The molecule has 4 heteroatoms. The quantitative estimate of drug-likeness (QED) is 0.749. The molecule has 2 aliphatic rings. The van der Waals surface area contributed by atoms with Crippen molar-refractivity contribution in [2.45, 2.75) is 71.5 Å². The SMILES string of the molecule is CCC1(C)NC(CC(C)C)N(CC2(CCOC)CC2)C1=O. The molecule has 0 radical (unpaired) electrons. The Morgan fingerprint density at radius 1 is 1.43 bits per heavy atom. The van der Waals surface area contributed by atoms with Crippen LogP contribution >= 0.6 is 0 Å². The van der Waals surface area contributed by atoms with Crippen LogP contribution in [0.15, 0.2) is 0 Å². The van der Waals surface area contributed by atoms with Gasteiger partial charge in [-0.3, -0.25) is 10.1 Å². The van der Waals surface area contributed by atoms with Crippen LogP contribution in [0.5, 0.6) is 0 Å². The van der Waals surface area contributed by atoms with Gasteiger partial charge in [-0.25, -0.2) is 0 Å². The summed E-state index contributed by atoms with van der Waals surface area (Å²) in [4.78, 5) is 15.0. The normalized spacial score (nSPS) is 31.2. The molecule has 1 N–H and O–H groups in total. The third kappa shape index (κ3) is 3.59. The minimum Gasteiger partial charge on any atom is -0.385 e. The van der Waals surface area contributed by atoms with E-state index in [0.29, 0.717) is 17.2 Å². The third-order valence-electron chi connectivity index (χ3n) is 5.30. The molecule has 0 spiro atoms. The standard InChI is InChI=1S/C17H32N2O2/c1-6-16(4)15(20)19(14(18-16)11-13(2)3)12-17(7-8-17)9-10-21-5/h13-14,18H,6-12H2,1-5H3. The fourth-order valence-corrected chi connectivity index (χ4v) is 3.38. The lowest BCUT2D eigenvalue weighted by Gasteiger charge is -2.29. The molecule has 0 aromatic rings. The van der Waals surface area contributed by atoms with E-state index >= 15 is 0 Å². The molecular formula is C17H32N2O2. The number of methoxy groups -OCH3 is 1. The number of hydrogen-bond donors (Lipinski definition) is 1. The van der Waals surface area contributed by atoms with Gasteiger partial charge in [0.2, 0.25) is 5.91 Å². The molecule has 122 valence electrons. The number of hydrogen-bond acceptors (Lipinski definition) is 3. The minimum absolute atomic E-state index is 0.197. The van der Waals surface area contributed by atoms with Crippen LogP contribution in [0.1, 0.15) is 59.8 Å². The largest absolute Gasteiger partial charge is 0.385 e. The first-order valence-electron chi connectivity index (χ1n) is 8.43. The molecule has 0 aromatic heterocycles. The maximum atomic E-state index is 12.9. The Morgan fingerprint density at radius 2 is 2.10 bits per heavy atom. The summed E-state index contributed by atoms with van der Waals surface area (Å²) in [5.74, 6) is 0.880. The second-order valence-electron chi connectivity index (χ2n) is 7.65. The Labute approximate surface area is 129 Å². The summed E-state index contributed by atoms with van der Waals surface area (Å²) in [6.07, 6.45) is 5.62. The van der Waals surface area contributed by atoms with Crippen LogP contribution in [0.3, 0.4) is 0 Å². The first kappa shape index (κ1) is 16.8. The molecule has 2 rings (SSSR count). The Hall–Kier alpha value is -0.610. The molecule has 1 heterocycles. The zero-order valence-electron chi connectivity index (χ0n) is 14.4. The average Bonchev–Trinajstić information content (AvgIpc) is 3.16. The zero-order chi connectivity index (χ0) is 15.7. The van der Waals surface area contributed by atoms with Crippen LogP contribution in [0.2, 0.25) is 0 Å². The molecule has 0 bridgehead atoms. The van der Waals surface area contributed by atoms with E-state index in [1.165, 1.54) is 12.8 Å². The number of amides is 1. The monoisotopic (exact) mass is 296 g/mol. The van der Waals surface area contributed by atoms with Gasteiger partial charge in [-0.1, -0.05) is 20.8 Å². The fourth-order valence-electron chi connectivity index (χ4n) is 3.38. The summed E-state index contributed by atoms with van der Waals surface area (Å²) in [7, 11) is 1.76. The lowest BCUT2D eigenvalue weighted by molar-refractivity contribution is -0.134. The van der Waals surface area contributed by atoms with Gasteiger partial charge in [0, 0.05) is 20.3 Å². The molecular weight excluding hydrogens is 264 g/mol. The maximum absolute atomic E-state index is 12.9. The summed E-state index contributed by atoms with van der Waals surface area (Å²) in [6, 6.07) is 0. The van der Waals surface area contributed by atoms with Crippen LogP contribution in [0.25, 0.3) is 0 Å². The van der Waals surface area contributed by atoms with Gasteiger partial charge < -0.3 is 9.64 Å². The number of carbonyl (C=O) groups is 1. The van der Waals surface area contributed by atoms with Crippen molar-refractivity contribution in [3.05, 3.63) is 0 Å². The van der Waals surface area contributed by atoms with Crippen molar-refractivity contribution in [2.75, 3.05) is 20.3 Å². The highest BCUT2D eigenvalue weighted by molar-refractivity contribution is 5.88. The van der Waals surface area contributed by atoms with E-state index in [2.05, 4.69) is 37.9 Å². The van der Waals surface area contributed by atoms with Gasteiger partial charge in [0.05, 0.1) is 11.7 Å². The molecule has 2 atom stereocenters.